The number of hydrogen-bond acceptors (Lipinski definition) is 3. The number of benzene rings is 1. The molecule has 5 heteroatoms. The van der Waals surface area contributed by atoms with Crippen LogP contribution in [0, 0.1) is 5.92 Å². The molecule has 0 bridgehead atoms. The molecule has 1 heterocycles. The van der Waals surface area contributed by atoms with Gasteiger partial charge in [0.25, 0.3) is 5.91 Å². The number of nitrogens with zero attached hydrogens (tertiary/aromatic N) is 1. The van der Waals surface area contributed by atoms with Crippen LogP contribution in [0.25, 0.3) is 0 Å². The lowest BCUT2D eigenvalue weighted by atomic mass is 9.89. The summed E-state index contributed by atoms with van der Waals surface area (Å²) in [5, 5.41) is 2.81. The minimum atomic E-state index is -0.325. The summed E-state index contributed by atoms with van der Waals surface area (Å²) in [5.74, 6) is 0.317. The van der Waals surface area contributed by atoms with Crippen LogP contribution in [-0.2, 0) is 4.79 Å². The van der Waals surface area contributed by atoms with Crippen LogP contribution in [0.4, 0.5) is 0 Å². The highest BCUT2D eigenvalue weighted by atomic mass is 16.5. The van der Waals surface area contributed by atoms with Crippen molar-refractivity contribution in [1.29, 1.82) is 0 Å². The second-order valence-electron chi connectivity index (χ2n) is 6.38. The maximum absolute atomic E-state index is 12.4. The van der Waals surface area contributed by atoms with Crippen molar-refractivity contribution in [2.24, 2.45) is 10.9 Å². The summed E-state index contributed by atoms with van der Waals surface area (Å²) in [4.78, 5) is 28.2. The highest BCUT2D eigenvalue weighted by Gasteiger charge is 2.23. The summed E-state index contributed by atoms with van der Waals surface area (Å²) >= 11 is 0. The van der Waals surface area contributed by atoms with Gasteiger partial charge in [-0.1, -0.05) is 25.0 Å². The van der Waals surface area contributed by atoms with E-state index in [1.165, 1.54) is 0 Å². The number of rotatable bonds is 5. The minimum absolute atomic E-state index is 0.0429. The smallest absolute Gasteiger partial charge is 0.277 e. The van der Waals surface area contributed by atoms with Crippen LogP contribution in [0.5, 0.6) is 5.75 Å². The Bertz CT molecular complexity index is 829. The third-order valence-corrected chi connectivity index (χ3v) is 4.31. The topological polar surface area (TPSA) is 67.8 Å². The Hall–Kier alpha value is -2.95. The molecule has 0 saturated heterocycles. The summed E-state index contributed by atoms with van der Waals surface area (Å²) < 4.78 is 5.60. The van der Waals surface area contributed by atoms with E-state index in [1.807, 2.05) is 19.1 Å². The van der Waals surface area contributed by atoms with Crippen LogP contribution in [0.1, 0.15) is 37.0 Å². The maximum atomic E-state index is 12.4. The zero-order valence-corrected chi connectivity index (χ0v) is 15.0. The maximum Gasteiger partial charge on any atom is 0.277 e. The summed E-state index contributed by atoms with van der Waals surface area (Å²) in [7, 11) is 0. The average Bonchev–Trinajstić information content (AvgIpc) is 2.62. The molecule has 1 atom stereocenters. The number of unbranched alkanes of at least 4 members (excludes halogenated alkanes) is 1. The molecule has 0 fully saturated rings. The van der Waals surface area contributed by atoms with E-state index in [0.717, 1.165) is 29.9 Å². The first-order valence-electron chi connectivity index (χ1n) is 8.81. The third kappa shape index (κ3) is 4.17. The van der Waals surface area contributed by atoms with Crippen molar-refractivity contribution >= 4 is 17.5 Å². The Balaban J connectivity index is 1.70. The van der Waals surface area contributed by atoms with Crippen molar-refractivity contribution in [3.05, 3.63) is 65.4 Å². The van der Waals surface area contributed by atoms with Gasteiger partial charge < -0.3 is 10.1 Å². The highest BCUT2D eigenvalue weighted by Crippen LogP contribution is 2.26. The van der Waals surface area contributed by atoms with Crippen LogP contribution >= 0.6 is 0 Å². The SMILES string of the molecule is CCCCOc1ccc(C(=O)N=C2C=CC3C(C)=CC(=O)NC3=C2)cc1. The third-order valence-electron chi connectivity index (χ3n) is 4.31. The van der Waals surface area contributed by atoms with Gasteiger partial charge in [0.05, 0.1) is 12.3 Å². The fraction of sp³-hybridized carbons (Fsp3) is 0.286. The lowest BCUT2D eigenvalue weighted by Crippen LogP contribution is -2.32. The zero-order valence-electron chi connectivity index (χ0n) is 15.0. The number of hydrogen-bond donors (Lipinski definition) is 1. The molecule has 1 N–H and O–H groups in total. The molecule has 1 aliphatic carbocycles. The highest BCUT2D eigenvalue weighted by molar-refractivity contribution is 6.14. The van der Waals surface area contributed by atoms with E-state index < -0.39 is 0 Å². The van der Waals surface area contributed by atoms with Crippen LogP contribution in [0.3, 0.4) is 0 Å². The number of carbonyl (C=O) groups is 2. The van der Waals surface area contributed by atoms with Crippen molar-refractivity contribution in [3.8, 4) is 5.75 Å². The predicted molar refractivity (Wildman–Crippen MR) is 101 cm³/mol. The molecular formula is C21H22N2O3. The van der Waals surface area contributed by atoms with Crippen LogP contribution in [-0.4, -0.2) is 24.1 Å². The molecule has 26 heavy (non-hydrogen) atoms. The van der Waals surface area contributed by atoms with Gasteiger partial charge in [0.1, 0.15) is 5.75 Å². The van der Waals surface area contributed by atoms with Crippen molar-refractivity contribution in [2.45, 2.75) is 26.7 Å². The molecule has 0 saturated carbocycles. The first kappa shape index (κ1) is 17.9. The van der Waals surface area contributed by atoms with E-state index in [0.29, 0.717) is 17.9 Å². The Morgan fingerprint density at radius 2 is 2.00 bits per heavy atom. The van der Waals surface area contributed by atoms with Crippen LogP contribution in [0.2, 0.25) is 0 Å². The number of carbonyl (C=O) groups excluding carboxylic acids is 2. The van der Waals surface area contributed by atoms with Crippen LogP contribution < -0.4 is 10.1 Å². The number of fused-ring (bicyclic) bond motifs is 1. The van der Waals surface area contributed by atoms with Gasteiger partial charge in [0, 0.05) is 23.3 Å². The molecule has 134 valence electrons. The standard InChI is InChI=1S/C21H22N2O3/c1-3-4-11-26-17-8-5-15(6-9-17)21(25)22-16-7-10-18-14(2)12-20(24)23-19(18)13-16/h5-10,12-13,18H,3-4,11H2,1-2H3,(H,23,24). The number of ether oxygens (including phenoxy) is 1. The van der Waals surface area contributed by atoms with E-state index in [2.05, 4.69) is 17.2 Å². The van der Waals surface area contributed by atoms with Gasteiger partial charge in [-0.05, 0) is 49.8 Å². The fourth-order valence-corrected chi connectivity index (χ4v) is 2.86. The molecule has 1 aromatic rings. The quantitative estimate of drug-likeness (QED) is 0.825. The molecule has 0 radical (unpaired) electrons. The van der Waals surface area contributed by atoms with Gasteiger partial charge in [-0.25, -0.2) is 4.99 Å². The normalized spacial score (nSPS) is 20.2. The van der Waals surface area contributed by atoms with Crippen molar-refractivity contribution in [2.75, 3.05) is 6.61 Å². The first-order chi connectivity index (χ1) is 12.6. The molecule has 5 nitrogen and oxygen atoms in total. The average molecular weight is 350 g/mol. The summed E-state index contributed by atoms with van der Waals surface area (Å²) in [6.07, 6.45) is 9.17. The van der Waals surface area contributed by atoms with Gasteiger partial charge in [-0.3, -0.25) is 9.59 Å². The number of aliphatic imine (C=N–C) groups is 1. The number of allylic oxidation sites excluding steroid dienone is 3. The lowest BCUT2D eigenvalue weighted by molar-refractivity contribution is -0.116. The molecule has 1 unspecified atom stereocenters. The number of nitrogens with one attached hydrogen (secondary N) is 1. The van der Waals surface area contributed by atoms with Gasteiger partial charge in [0.15, 0.2) is 0 Å². The van der Waals surface area contributed by atoms with Gasteiger partial charge in [-0.2, -0.15) is 0 Å². The molecule has 1 aromatic carbocycles. The fourth-order valence-electron chi connectivity index (χ4n) is 2.86. The second kappa shape index (κ2) is 7.95. The molecule has 1 aliphatic heterocycles. The molecular weight excluding hydrogens is 328 g/mol. The summed E-state index contributed by atoms with van der Waals surface area (Å²) in [5.41, 5.74) is 2.75. The van der Waals surface area contributed by atoms with Gasteiger partial charge in [-0.15, -0.1) is 0 Å². The lowest BCUT2D eigenvalue weighted by Gasteiger charge is -2.25. The first-order valence-corrected chi connectivity index (χ1v) is 8.81. The Labute approximate surface area is 153 Å². The van der Waals surface area contributed by atoms with Gasteiger partial charge in [0.2, 0.25) is 5.91 Å². The van der Waals surface area contributed by atoms with E-state index in [-0.39, 0.29) is 17.7 Å². The predicted octanol–water partition coefficient (Wildman–Crippen LogP) is 3.59. The van der Waals surface area contributed by atoms with Crippen molar-refractivity contribution in [1.82, 2.24) is 5.32 Å². The van der Waals surface area contributed by atoms with E-state index in [9.17, 15) is 9.59 Å². The summed E-state index contributed by atoms with van der Waals surface area (Å²) in [6, 6.07) is 6.99. The molecule has 3 rings (SSSR count). The van der Waals surface area contributed by atoms with Gasteiger partial charge >= 0.3 is 0 Å². The Morgan fingerprint density at radius 3 is 2.73 bits per heavy atom. The Morgan fingerprint density at radius 1 is 1.23 bits per heavy atom. The molecule has 2 amide bonds. The number of amides is 2. The van der Waals surface area contributed by atoms with E-state index >= 15 is 0 Å². The minimum Gasteiger partial charge on any atom is -0.494 e. The van der Waals surface area contributed by atoms with Crippen molar-refractivity contribution < 1.29 is 14.3 Å². The largest absolute Gasteiger partial charge is 0.494 e. The molecule has 2 aliphatic rings. The monoisotopic (exact) mass is 350 g/mol. The van der Waals surface area contributed by atoms with Crippen molar-refractivity contribution in [3.63, 3.8) is 0 Å². The van der Waals surface area contributed by atoms with E-state index in [4.69, 9.17) is 4.74 Å². The zero-order chi connectivity index (χ0) is 18.5. The molecule has 0 spiro atoms. The van der Waals surface area contributed by atoms with Crippen LogP contribution in [0.15, 0.2) is 64.8 Å². The second-order valence-corrected chi connectivity index (χ2v) is 6.38. The Kier molecular flexibility index (Phi) is 5.46. The molecule has 0 aromatic heterocycles. The van der Waals surface area contributed by atoms with E-state index in [1.54, 1.807) is 36.4 Å². The summed E-state index contributed by atoms with van der Waals surface area (Å²) in [6.45, 7) is 4.70.